The van der Waals surface area contributed by atoms with Crippen LogP contribution >= 0.6 is 0 Å². The lowest BCUT2D eigenvalue weighted by Crippen LogP contribution is -2.61. The molecule has 0 radical (unpaired) electrons. The summed E-state index contributed by atoms with van der Waals surface area (Å²) in [5.74, 6) is -9.16. The van der Waals surface area contributed by atoms with Crippen molar-refractivity contribution in [1.29, 1.82) is 0 Å². The maximum atomic E-state index is 13.8. The van der Waals surface area contributed by atoms with E-state index in [-0.39, 0.29) is 209 Å². The zero-order chi connectivity index (χ0) is 96.6. The highest BCUT2D eigenvalue weighted by atomic mass is 19.2. The zero-order valence-corrected chi connectivity index (χ0v) is 78.6. The van der Waals surface area contributed by atoms with Crippen molar-refractivity contribution in [2.45, 2.75) is 317 Å². The molecule has 12 saturated carbocycles. The van der Waals surface area contributed by atoms with E-state index in [0.717, 1.165) is 116 Å². The number of carbonyl (C=O) groups is 6. The van der Waals surface area contributed by atoms with E-state index in [4.69, 9.17) is 85.3 Å². The molecule has 12 aliphatic carbocycles. The molecule has 12 bridgehead atoms. The summed E-state index contributed by atoms with van der Waals surface area (Å²) in [6.07, 6.45) is 12.1. The smallest absolute Gasteiger partial charge is 0.343 e. The van der Waals surface area contributed by atoms with Crippen LogP contribution in [0.4, 0.5) is 22.0 Å². The fraction of sp³-hybridized carbons (Fsp3) is 0.935. The highest BCUT2D eigenvalue weighted by Crippen LogP contribution is 2.64. The molecule has 22 unspecified atom stereocenters. The van der Waals surface area contributed by atoms with Crippen LogP contribution in [0.15, 0.2) is 0 Å². The molecule has 34 nitrogen and oxygen atoms in total. The van der Waals surface area contributed by atoms with Crippen molar-refractivity contribution in [2.75, 3.05) is 132 Å². The van der Waals surface area contributed by atoms with E-state index in [1.54, 1.807) is 0 Å². The number of hydrogen-bond donors (Lipinski definition) is 10. The second-order valence-electron chi connectivity index (χ2n) is 44.6. The van der Waals surface area contributed by atoms with E-state index in [1.165, 1.54) is 69.2 Å². The van der Waals surface area contributed by atoms with Crippen molar-refractivity contribution in [2.24, 2.45) is 98.1 Å². The van der Waals surface area contributed by atoms with Gasteiger partial charge in [0.05, 0.1) is 159 Å². The third-order valence-electron chi connectivity index (χ3n) is 31.3. The molecule has 0 aromatic carbocycles. The van der Waals surface area contributed by atoms with Crippen LogP contribution in [-0.4, -0.2) is 331 Å². The minimum absolute atomic E-state index is 0.0865. The van der Waals surface area contributed by atoms with E-state index < -0.39 is 169 Å². The Kier molecular flexibility index (Phi) is 31.2. The van der Waals surface area contributed by atoms with Gasteiger partial charge in [0.1, 0.15) is 12.2 Å². The predicted molar refractivity (Wildman–Crippen MR) is 446 cm³/mol. The van der Waals surface area contributed by atoms with Crippen LogP contribution in [0, 0.1) is 98.1 Å². The molecule has 18 aliphatic rings. The molecule has 39 heteroatoms. The summed E-state index contributed by atoms with van der Waals surface area (Å²) < 4.78 is 173. The van der Waals surface area contributed by atoms with Crippen LogP contribution in [-0.2, 0) is 114 Å². The number of ether oxygens (including phenoxy) is 18. The van der Waals surface area contributed by atoms with Crippen molar-refractivity contribution in [3.05, 3.63) is 0 Å². The quantitative estimate of drug-likeness (QED) is 0.0367. The summed E-state index contributed by atoms with van der Waals surface area (Å²) in [4.78, 5) is 71.9. The molecular formula is C93H145F5O34. The largest absolute Gasteiger partial charge is 0.456 e. The highest BCUT2D eigenvalue weighted by molar-refractivity contribution is 5.81. The van der Waals surface area contributed by atoms with Gasteiger partial charge in [-0.25, -0.2) is 45.9 Å². The summed E-state index contributed by atoms with van der Waals surface area (Å²) >= 11 is 0. The van der Waals surface area contributed by atoms with Crippen molar-refractivity contribution in [3.63, 3.8) is 0 Å². The number of esters is 6. The number of fused-ring (bicyclic) bond motifs is 18. The normalized spacial score (nSPS) is 37.4. The van der Waals surface area contributed by atoms with Crippen LogP contribution in [0.2, 0.25) is 0 Å². The molecule has 6 aliphatic heterocycles. The fourth-order valence-corrected chi connectivity index (χ4v) is 22.9. The first-order valence-electron chi connectivity index (χ1n) is 47.3. The van der Waals surface area contributed by atoms with Crippen molar-refractivity contribution < 1.29 is 187 Å². The van der Waals surface area contributed by atoms with Gasteiger partial charge in [-0.15, -0.1) is 0 Å². The third-order valence-corrected chi connectivity index (χ3v) is 31.3. The minimum Gasteiger partial charge on any atom is -0.456 e. The Hall–Kier alpha value is -4.41. The second kappa shape index (κ2) is 39.2. The first kappa shape index (κ1) is 105. The predicted octanol–water partition coefficient (Wildman–Crippen LogP) is 5.82. The number of rotatable bonds is 21. The molecule has 18 rings (SSSR count). The van der Waals surface area contributed by atoms with Crippen LogP contribution in [0.1, 0.15) is 206 Å². The van der Waals surface area contributed by atoms with Gasteiger partial charge in [-0.05, 0) is 206 Å². The maximum absolute atomic E-state index is 13.8. The molecule has 18 fully saturated rings. The van der Waals surface area contributed by atoms with Crippen molar-refractivity contribution >= 4 is 35.8 Å². The van der Waals surface area contributed by atoms with Gasteiger partial charge in [0.15, 0.2) is 36.6 Å². The summed E-state index contributed by atoms with van der Waals surface area (Å²) in [6.45, 7) is 16.8. The molecule has 6 spiro atoms. The van der Waals surface area contributed by atoms with Crippen molar-refractivity contribution in [3.8, 4) is 0 Å². The van der Waals surface area contributed by atoms with Gasteiger partial charge in [-0.3, -0.25) is 4.79 Å². The van der Waals surface area contributed by atoms with Crippen LogP contribution in [0.25, 0.3) is 0 Å². The molecule has 6 heterocycles. The monoisotopic (exact) mass is 1900 g/mol. The number of aliphatic hydroxyl groups excluding tert-OH is 10. The molecule has 22 atom stereocenters. The van der Waals surface area contributed by atoms with Gasteiger partial charge >= 0.3 is 35.8 Å². The summed E-state index contributed by atoms with van der Waals surface area (Å²) in [7, 11) is 0. The van der Waals surface area contributed by atoms with E-state index in [1.807, 2.05) is 20.8 Å². The first-order chi connectivity index (χ1) is 61.8. The Morgan fingerprint density at radius 2 is 0.424 bits per heavy atom. The lowest BCUT2D eigenvalue weighted by Gasteiger charge is -2.49. The topological polar surface area (TPSA) is 471 Å². The Morgan fingerprint density at radius 1 is 0.258 bits per heavy atom. The minimum atomic E-state index is -2.07. The number of aliphatic hydroxyl groups is 10. The molecule has 0 aromatic heterocycles. The molecule has 132 heavy (non-hydrogen) atoms. The van der Waals surface area contributed by atoms with Crippen LogP contribution in [0.5, 0.6) is 0 Å². The average Bonchev–Trinajstić information content (AvgIpc) is 1.61. The summed E-state index contributed by atoms with van der Waals surface area (Å²) in [5, 5.41) is 94.2. The zero-order valence-electron chi connectivity index (χ0n) is 78.6. The Morgan fingerprint density at radius 3 is 0.576 bits per heavy atom. The van der Waals surface area contributed by atoms with Gasteiger partial charge in [-0.2, -0.15) is 0 Å². The lowest BCUT2D eigenvalue weighted by atomic mass is 9.86. The first-order valence-corrected chi connectivity index (χ1v) is 47.3. The van der Waals surface area contributed by atoms with Gasteiger partial charge in [0.25, 0.3) is 0 Å². The molecule has 756 valence electrons. The SMILES string of the molecule is CC(C)(C)C(=O)OC1C2CCC(C2)C12OCC(CO)(CO)CO2.CC(C)(F)C(=O)OC1C2CCC(C2)C12OCC(CO)(CO)CO2.CC(C)(F)C(=O)OC1C2CCC(C2)C12OCC(CO)(CO)CO2.CC(C)(F)C(=O)OC1C2CCC(C2)C12OCC(CO)(CO)CO2.CC(C)(F)C(=O)OC1C2CCC(C2)C12OCC(CO)O2.CC(C)(F)C(=O)OC1C2CCC(C2)C12OCC(CO)O2. The lowest BCUT2D eigenvalue weighted by molar-refractivity contribution is -0.360. The number of carbonyl (C=O) groups excluding carboxylic acids is 6. The Bertz CT molecular complexity index is 3510. The van der Waals surface area contributed by atoms with E-state index >= 15 is 0 Å². The summed E-state index contributed by atoms with van der Waals surface area (Å²) in [6, 6.07) is 0. The van der Waals surface area contributed by atoms with Crippen molar-refractivity contribution in [1.82, 2.24) is 0 Å². The maximum Gasteiger partial charge on any atom is 0.343 e. The summed E-state index contributed by atoms with van der Waals surface area (Å²) in [5.41, 5.74) is -14.2. The highest BCUT2D eigenvalue weighted by Gasteiger charge is 2.73. The fourth-order valence-electron chi connectivity index (χ4n) is 22.9. The number of alkyl halides is 5. The van der Waals surface area contributed by atoms with E-state index in [0.29, 0.717) is 0 Å². The molecule has 10 N–H and O–H groups in total. The molecule has 0 amide bonds. The molecule has 6 saturated heterocycles. The Balaban J connectivity index is 0.000000135. The van der Waals surface area contributed by atoms with E-state index in [9.17, 15) is 102 Å². The van der Waals surface area contributed by atoms with Crippen LogP contribution < -0.4 is 0 Å². The van der Waals surface area contributed by atoms with Gasteiger partial charge in [-0.1, -0.05) is 0 Å². The third kappa shape index (κ3) is 20.1. The molecule has 0 aromatic rings. The molecular weight excluding hydrogens is 1760 g/mol. The second-order valence-corrected chi connectivity index (χ2v) is 44.6. The van der Waals surface area contributed by atoms with Gasteiger partial charge in [0.2, 0.25) is 63.1 Å². The van der Waals surface area contributed by atoms with Gasteiger partial charge < -0.3 is 136 Å². The van der Waals surface area contributed by atoms with Gasteiger partial charge in [0, 0.05) is 71.0 Å². The standard InChI is InChI=1S/C17H28O6.3C16H25FO6.2C14H21FO5/c1-15(2,3)14(20)23-13-11-4-5-12(6-11)17(13)21-9-16(7-18,8-19)10-22-17;3*1-14(2,17)13(20)23-12-10-3-4-11(5-10)16(12)21-8-15(6-18,7-19)9-22-16;2*1-13(2,15)12(17)19-11-8-3-4-9(5-8)14(11)18-7-10(6-16)20-14/h11-13,18-19H,4-10H2,1-3H3;3*10-12,18-19H,3-9H2,1-2H3;2*8-11,16H,3-7H2,1-2H3. The average molecular weight is 1900 g/mol. The Labute approximate surface area is 767 Å². The van der Waals surface area contributed by atoms with E-state index in [2.05, 4.69) is 0 Å². The van der Waals surface area contributed by atoms with Crippen LogP contribution in [0.3, 0.4) is 0 Å². The number of hydrogen-bond acceptors (Lipinski definition) is 34. The number of halogens is 5.